The normalized spacial score (nSPS) is 15.6. The minimum atomic E-state index is 0.467. The van der Waals surface area contributed by atoms with E-state index in [0.29, 0.717) is 6.10 Å². The third-order valence-electron chi connectivity index (χ3n) is 2.55. The lowest BCUT2D eigenvalue weighted by Crippen LogP contribution is -2.02. The van der Waals surface area contributed by atoms with Crippen LogP contribution >= 0.6 is 0 Å². The molecule has 1 heterocycles. The fourth-order valence-corrected chi connectivity index (χ4v) is 1.44. The van der Waals surface area contributed by atoms with Gasteiger partial charge in [0.15, 0.2) is 0 Å². The second kappa shape index (κ2) is 3.99. The molecule has 1 saturated carbocycles. The van der Waals surface area contributed by atoms with Crippen LogP contribution in [0.25, 0.3) is 0 Å². The van der Waals surface area contributed by atoms with Crippen LogP contribution in [-0.2, 0) is 12.8 Å². The molecule has 14 heavy (non-hydrogen) atoms. The van der Waals surface area contributed by atoms with Gasteiger partial charge in [0.25, 0.3) is 0 Å². The van der Waals surface area contributed by atoms with Crippen molar-refractivity contribution in [1.82, 2.24) is 4.98 Å². The Morgan fingerprint density at radius 1 is 1.36 bits per heavy atom. The Morgan fingerprint density at radius 3 is 2.71 bits per heavy atom. The van der Waals surface area contributed by atoms with Gasteiger partial charge < -0.3 is 4.74 Å². The number of pyridine rings is 1. The van der Waals surface area contributed by atoms with Gasteiger partial charge in [-0.15, -0.1) is 0 Å². The Hall–Kier alpha value is -1.05. The Labute approximate surface area is 85.3 Å². The number of hydrogen-bond donors (Lipinski definition) is 0. The molecule has 2 rings (SSSR count). The Kier molecular flexibility index (Phi) is 2.71. The van der Waals surface area contributed by atoms with Crippen molar-refractivity contribution in [3.8, 4) is 5.75 Å². The van der Waals surface area contributed by atoms with E-state index >= 15 is 0 Å². The summed E-state index contributed by atoms with van der Waals surface area (Å²) in [5.74, 6) is 1.01. The molecule has 0 spiro atoms. The number of rotatable bonds is 4. The zero-order valence-corrected chi connectivity index (χ0v) is 8.92. The number of aromatic nitrogens is 1. The SMILES string of the molecule is CCc1cnc(CC)c(OC2CC2)c1. The van der Waals surface area contributed by atoms with Gasteiger partial charge in [-0.2, -0.15) is 0 Å². The zero-order valence-electron chi connectivity index (χ0n) is 8.92. The molecule has 0 amide bonds. The fourth-order valence-electron chi connectivity index (χ4n) is 1.44. The summed E-state index contributed by atoms with van der Waals surface area (Å²) in [6.07, 6.45) is 6.82. The predicted molar refractivity (Wildman–Crippen MR) is 56.6 cm³/mol. The standard InChI is InChI=1S/C12H17NO/c1-3-9-7-12(14-10-5-6-10)11(4-2)13-8-9/h7-8,10H,3-6H2,1-2H3. The van der Waals surface area contributed by atoms with Gasteiger partial charge in [0, 0.05) is 6.20 Å². The summed E-state index contributed by atoms with van der Waals surface area (Å²) < 4.78 is 5.83. The van der Waals surface area contributed by atoms with Gasteiger partial charge in [-0.1, -0.05) is 13.8 Å². The molecule has 0 N–H and O–H groups in total. The van der Waals surface area contributed by atoms with Crippen molar-refractivity contribution in [3.05, 3.63) is 23.5 Å². The summed E-state index contributed by atoms with van der Waals surface area (Å²) in [5, 5.41) is 0. The summed E-state index contributed by atoms with van der Waals surface area (Å²) in [6, 6.07) is 2.14. The van der Waals surface area contributed by atoms with Crippen molar-refractivity contribution in [3.63, 3.8) is 0 Å². The fraction of sp³-hybridized carbons (Fsp3) is 0.583. The van der Waals surface area contributed by atoms with E-state index in [1.54, 1.807) is 0 Å². The molecule has 1 aromatic heterocycles. The van der Waals surface area contributed by atoms with Gasteiger partial charge in [0.1, 0.15) is 5.75 Å². The van der Waals surface area contributed by atoms with Crippen LogP contribution in [0.1, 0.15) is 37.9 Å². The highest BCUT2D eigenvalue weighted by Gasteiger charge is 2.24. The predicted octanol–water partition coefficient (Wildman–Crippen LogP) is 2.75. The first-order valence-electron chi connectivity index (χ1n) is 5.48. The van der Waals surface area contributed by atoms with E-state index in [1.807, 2.05) is 6.20 Å². The van der Waals surface area contributed by atoms with E-state index in [-0.39, 0.29) is 0 Å². The minimum absolute atomic E-state index is 0.467. The first kappa shape index (κ1) is 9.50. The second-order valence-corrected chi connectivity index (χ2v) is 3.81. The zero-order chi connectivity index (χ0) is 9.97. The maximum atomic E-state index is 5.83. The number of aryl methyl sites for hydroxylation is 2. The van der Waals surface area contributed by atoms with E-state index in [9.17, 15) is 0 Å². The maximum Gasteiger partial charge on any atom is 0.141 e. The Bertz CT molecular complexity index is 318. The topological polar surface area (TPSA) is 22.1 Å². The molecule has 76 valence electrons. The summed E-state index contributed by atoms with van der Waals surface area (Å²) >= 11 is 0. The molecule has 0 aromatic carbocycles. The number of ether oxygens (including phenoxy) is 1. The van der Waals surface area contributed by atoms with Gasteiger partial charge in [-0.25, -0.2) is 0 Å². The van der Waals surface area contributed by atoms with E-state index in [2.05, 4.69) is 24.9 Å². The lowest BCUT2D eigenvalue weighted by Gasteiger charge is -2.09. The van der Waals surface area contributed by atoms with Gasteiger partial charge >= 0.3 is 0 Å². The Balaban J connectivity index is 2.21. The first-order chi connectivity index (χ1) is 6.83. The lowest BCUT2D eigenvalue weighted by molar-refractivity contribution is 0.298. The van der Waals surface area contributed by atoms with Crippen LogP contribution in [0.15, 0.2) is 12.3 Å². The molecular formula is C12H17NO. The number of hydrogen-bond acceptors (Lipinski definition) is 2. The molecule has 1 aliphatic rings. The van der Waals surface area contributed by atoms with Crippen LogP contribution in [0.3, 0.4) is 0 Å². The van der Waals surface area contributed by atoms with Crippen molar-refractivity contribution >= 4 is 0 Å². The monoisotopic (exact) mass is 191 g/mol. The average Bonchev–Trinajstić information content (AvgIpc) is 3.01. The molecule has 2 heteroatoms. The van der Waals surface area contributed by atoms with E-state index < -0.39 is 0 Å². The second-order valence-electron chi connectivity index (χ2n) is 3.81. The van der Waals surface area contributed by atoms with E-state index in [4.69, 9.17) is 4.74 Å². The van der Waals surface area contributed by atoms with Crippen LogP contribution in [0.2, 0.25) is 0 Å². The smallest absolute Gasteiger partial charge is 0.141 e. The van der Waals surface area contributed by atoms with Gasteiger partial charge in [-0.3, -0.25) is 4.98 Å². The summed E-state index contributed by atoms with van der Waals surface area (Å²) in [7, 11) is 0. The van der Waals surface area contributed by atoms with Crippen LogP contribution in [-0.4, -0.2) is 11.1 Å². The lowest BCUT2D eigenvalue weighted by atomic mass is 10.2. The molecule has 1 fully saturated rings. The molecule has 0 unspecified atom stereocenters. The van der Waals surface area contributed by atoms with E-state index in [1.165, 1.54) is 18.4 Å². The van der Waals surface area contributed by atoms with Gasteiger partial charge in [0.2, 0.25) is 0 Å². The molecule has 1 aliphatic carbocycles. The molecule has 0 aliphatic heterocycles. The van der Waals surface area contributed by atoms with Crippen LogP contribution < -0.4 is 4.74 Å². The Morgan fingerprint density at radius 2 is 2.14 bits per heavy atom. The first-order valence-corrected chi connectivity index (χ1v) is 5.48. The van der Waals surface area contributed by atoms with Crippen molar-refractivity contribution in [1.29, 1.82) is 0 Å². The van der Waals surface area contributed by atoms with Gasteiger partial charge in [0.05, 0.1) is 11.8 Å². The number of nitrogens with zero attached hydrogens (tertiary/aromatic N) is 1. The van der Waals surface area contributed by atoms with Crippen LogP contribution in [0.5, 0.6) is 5.75 Å². The highest BCUT2D eigenvalue weighted by Crippen LogP contribution is 2.29. The summed E-state index contributed by atoms with van der Waals surface area (Å²) in [4.78, 5) is 4.42. The van der Waals surface area contributed by atoms with E-state index in [0.717, 1.165) is 24.3 Å². The van der Waals surface area contributed by atoms with Crippen molar-refractivity contribution < 1.29 is 4.74 Å². The minimum Gasteiger partial charge on any atom is -0.489 e. The third kappa shape index (κ3) is 2.06. The van der Waals surface area contributed by atoms with Crippen LogP contribution in [0.4, 0.5) is 0 Å². The molecular weight excluding hydrogens is 174 g/mol. The molecule has 0 radical (unpaired) electrons. The third-order valence-corrected chi connectivity index (χ3v) is 2.55. The van der Waals surface area contributed by atoms with Crippen molar-refractivity contribution in [2.75, 3.05) is 0 Å². The van der Waals surface area contributed by atoms with Crippen LogP contribution in [0, 0.1) is 0 Å². The summed E-state index contributed by atoms with van der Waals surface area (Å²) in [6.45, 7) is 4.26. The maximum absolute atomic E-state index is 5.83. The largest absolute Gasteiger partial charge is 0.489 e. The van der Waals surface area contributed by atoms with Crippen molar-refractivity contribution in [2.45, 2.75) is 45.6 Å². The molecule has 0 bridgehead atoms. The highest BCUT2D eigenvalue weighted by atomic mass is 16.5. The molecule has 2 nitrogen and oxygen atoms in total. The molecule has 1 aromatic rings. The average molecular weight is 191 g/mol. The van der Waals surface area contributed by atoms with Crippen molar-refractivity contribution in [2.24, 2.45) is 0 Å². The highest BCUT2D eigenvalue weighted by molar-refractivity contribution is 5.32. The molecule has 0 atom stereocenters. The summed E-state index contributed by atoms with van der Waals surface area (Å²) in [5.41, 5.74) is 2.35. The quantitative estimate of drug-likeness (QED) is 0.730. The molecule has 0 saturated heterocycles. The van der Waals surface area contributed by atoms with Gasteiger partial charge in [-0.05, 0) is 37.3 Å².